The molecule has 2 aliphatic heterocycles. The summed E-state index contributed by atoms with van der Waals surface area (Å²) in [6.07, 6.45) is 1.38. The number of fused-ring (bicyclic) bond motifs is 1. The number of hydrogen-bond donors (Lipinski definition) is 1. The second-order valence-electron chi connectivity index (χ2n) is 6.11. The summed E-state index contributed by atoms with van der Waals surface area (Å²) < 4.78 is 0. The molecule has 0 bridgehead atoms. The lowest BCUT2D eigenvalue weighted by Gasteiger charge is -2.31. The molecular formula is C17H20N2O2. The van der Waals surface area contributed by atoms with Crippen LogP contribution in [0.2, 0.25) is 0 Å². The molecule has 1 aromatic carbocycles. The summed E-state index contributed by atoms with van der Waals surface area (Å²) in [6, 6.07) is 5.49. The van der Waals surface area contributed by atoms with E-state index in [9.17, 15) is 9.59 Å². The first-order valence-electron chi connectivity index (χ1n) is 7.40. The van der Waals surface area contributed by atoms with E-state index >= 15 is 0 Å². The third-order valence-corrected chi connectivity index (χ3v) is 4.35. The van der Waals surface area contributed by atoms with Crippen LogP contribution in [0.5, 0.6) is 0 Å². The highest BCUT2D eigenvalue weighted by molar-refractivity contribution is 6.01. The second-order valence-corrected chi connectivity index (χ2v) is 6.11. The summed E-state index contributed by atoms with van der Waals surface area (Å²) >= 11 is 0. The fraction of sp³-hybridized carbons (Fsp3) is 0.412. The molecular weight excluding hydrogens is 264 g/mol. The van der Waals surface area contributed by atoms with Crippen LogP contribution in [0.3, 0.4) is 0 Å². The lowest BCUT2D eigenvalue weighted by Crippen LogP contribution is -2.49. The van der Waals surface area contributed by atoms with Crippen LogP contribution in [0.4, 0.5) is 0 Å². The van der Waals surface area contributed by atoms with E-state index in [2.05, 4.69) is 31.8 Å². The van der Waals surface area contributed by atoms with E-state index in [-0.39, 0.29) is 17.9 Å². The van der Waals surface area contributed by atoms with Crippen LogP contribution in [0, 0.1) is 0 Å². The molecule has 1 saturated heterocycles. The Morgan fingerprint density at radius 2 is 2.10 bits per heavy atom. The molecule has 0 aliphatic carbocycles. The van der Waals surface area contributed by atoms with Gasteiger partial charge in [0.25, 0.3) is 5.91 Å². The normalized spacial score (nSPS) is 21.8. The average molecular weight is 284 g/mol. The van der Waals surface area contributed by atoms with E-state index in [0.717, 1.165) is 23.2 Å². The van der Waals surface area contributed by atoms with Crippen molar-refractivity contribution in [1.82, 2.24) is 10.2 Å². The average Bonchev–Trinajstić information content (AvgIpc) is 2.76. The van der Waals surface area contributed by atoms with Gasteiger partial charge in [-0.2, -0.15) is 0 Å². The van der Waals surface area contributed by atoms with Gasteiger partial charge in [0.2, 0.25) is 5.91 Å². The summed E-state index contributed by atoms with van der Waals surface area (Å²) in [4.78, 5) is 26.5. The number of nitrogens with one attached hydrogen (secondary N) is 1. The molecule has 1 N–H and O–H groups in total. The summed E-state index contributed by atoms with van der Waals surface area (Å²) in [5, 5.41) is 2.76. The quantitative estimate of drug-likeness (QED) is 0.907. The molecule has 4 heteroatoms. The Morgan fingerprint density at radius 1 is 1.33 bits per heavy atom. The predicted molar refractivity (Wildman–Crippen MR) is 80.7 cm³/mol. The fourth-order valence-corrected chi connectivity index (χ4v) is 3.23. The Hall–Kier alpha value is -2.10. The first kappa shape index (κ1) is 13.9. The van der Waals surface area contributed by atoms with Gasteiger partial charge < -0.3 is 10.2 Å². The smallest absolute Gasteiger partial charge is 0.255 e. The minimum Gasteiger partial charge on any atom is -0.329 e. The molecule has 0 saturated carbocycles. The molecule has 1 fully saturated rings. The molecule has 0 unspecified atom stereocenters. The topological polar surface area (TPSA) is 49.4 Å². The van der Waals surface area contributed by atoms with Crippen molar-refractivity contribution >= 4 is 11.8 Å². The van der Waals surface area contributed by atoms with Gasteiger partial charge in [0.15, 0.2) is 0 Å². The molecule has 2 heterocycles. The molecule has 0 aromatic heterocycles. The molecule has 2 amide bonds. The minimum atomic E-state index is -0.379. The SMILES string of the molecule is C=C1CC[C@H](N2Cc3c(cccc3C(C)C)C2=O)C(=O)N1. The Morgan fingerprint density at radius 3 is 2.76 bits per heavy atom. The fourth-order valence-electron chi connectivity index (χ4n) is 3.23. The third-order valence-electron chi connectivity index (χ3n) is 4.35. The summed E-state index contributed by atoms with van der Waals surface area (Å²) in [6.45, 7) is 8.57. The van der Waals surface area contributed by atoms with E-state index < -0.39 is 0 Å². The number of allylic oxidation sites excluding steroid dienone is 1. The number of amides is 2. The highest BCUT2D eigenvalue weighted by atomic mass is 16.2. The van der Waals surface area contributed by atoms with Crippen molar-refractivity contribution in [3.05, 3.63) is 47.2 Å². The number of rotatable bonds is 2. The number of benzene rings is 1. The number of carbonyl (C=O) groups excluding carboxylic acids is 2. The monoisotopic (exact) mass is 284 g/mol. The maximum Gasteiger partial charge on any atom is 0.255 e. The van der Waals surface area contributed by atoms with Crippen molar-refractivity contribution in [2.45, 2.75) is 45.2 Å². The van der Waals surface area contributed by atoms with Gasteiger partial charge in [-0.3, -0.25) is 9.59 Å². The van der Waals surface area contributed by atoms with E-state index in [1.807, 2.05) is 12.1 Å². The zero-order valence-corrected chi connectivity index (χ0v) is 12.5. The van der Waals surface area contributed by atoms with Gasteiger partial charge in [-0.05, 0) is 36.0 Å². The molecule has 2 aliphatic rings. The van der Waals surface area contributed by atoms with Gasteiger partial charge >= 0.3 is 0 Å². The summed E-state index contributed by atoms with van der Waals surface area (Å²) in [7, 11) is 0. The van der Waals surface area contributed by atoms with Crippen molar-refractivity contribution in [3.8, 4) is 0 Å². The zero-order chi connectivity index (χ0) is 15.1. The van der Waals surface area contributed by atoms with Crippen LogP contribution in [-0.4, -0.2) is 22.8 Å². The van der Waals surface area contributed by atoms with Crippen LogP contribution >= 0.6 is 0 Å². The van der Waals surface area contributed by atoms with E-state index in [0.29, 0.717) is 18.9 Å². The minimum absolute atomic E-state index is 0.0276. The van der Waals surface area contributed by atoms with Gasteiger partial charge in [-0.15, -0.1) is 0 Å². The molecule has 21 heavy (non-hydrogen) atoms. The van der Waals surface area contributed by atoms with Gasteiger partial charge in [-0.1, -0.05) is 32.6 Å². The number of carbonyl (C=O) groups is 2. The van der Waals surface area contributed by atoms with Crippen molar-refractivity contribution in [2.75, 3.05) is 0 Å². The van der Waals surface area contributed by atoms with Crippen LogP contribution in [-0.2, 0) is 11.3 Å². The molecule has 1 aromatic rings. The van der Waals surface area contributed by atoms with E-state index in [4.69, 9.17) is 0 Å². The Kier molecular flexibility index (Phi) is 3.32. The predicted octanol–water partition coefficient (Wildman–Crippen LogP) is 2.56. The number of hydrogen-bond acceptors (Lipinski definition) is 2. The Balaban J connectivity index is 1.92. The van der Waals surface area contributed by atoms with E-state index in [1.165, 1.54) is 5.56 Å². The van der Waals surface area contributed by atoms with Crippen LogP contribution in [0.1, 0.15) is 54.1 Å². The van der Waals surface area contributed by atoms with Crippen LogP contribution < -0.4 is 5.32 Å². The summed E-state index contributed by atoms with van der Waals surface area (Å²) in [5.74, 6) is 0.228. The highest BCUT2D eigenvalue weighted by Crippen LogP contribution is 2.33. The molecule has 0 radical (unpaired) electrons. The number of nitrogens with zero attached hydrogens (tertiary/aromatic N) is 1. The van der Waals surface area contributed by atoms with Crippen molar-refractivity contribution < 1.29 is 9.59 Å². The largest absolute Gasteiger partial charge is 0.329 e. The lowest BCUT2D eigenvalue weighted by molar-refractivity contribution is -0.126. The number of piperidine rings is 1. The van der Waals surface area contributed by atoms with Crippen LogP contribution in [0.25, 0.3) is 0 Å². The first-order chi connectivity index (χ1) is 9.99. The molecule has 110 valence electrons. The van der Waals surface area contributed by atoms with Gasteiger partial charge in [-0.25, -0.2) is 0 Å². The zero-order valence-electron chi connectivity index (χ0n) is 12.5. The van der Waals surface area contributed by atoms with Crippen LogP contribution in [0.15, 0.2) is 30.5 Å². The molecule has 0 spiro atoms. The maximum absolute atomic E-state index is 12.6. The van der Waals surface area contributed by atoms with Crippen molar-refractivity contribution in [3.63, 3.8) is 0 Å². The van der Waals surface area contributed by atoms with Gasteiger partial charge in [0.05, 0.1) is 0 Å². The maximum atomic E-state index is 12.6. The lowest BCUT2D eigenvalue weighted by atomic mass is 9.95. The van der Waals surface area contributed by atoms with Gasteiger partial charge in [0, 0.05) is 17.8 Å². The highest BCUT2D eigenvalue weighted by Gasteiger charge is 2.38. The second kappa shape index (κ2) is 5.02. The Labute approximate surface area is 124 Å². The van der Waals surface area contributed by atoms with E-state index in [1.54, 1.807) is 4.90 Å². The molecule has 1 atom stereocenters. The van der Waals surface area contributed by atoms with Gasteiger partial charge in [0.1, 0.15) is 6.04 Å². The summed E-state index contributed by atoms with van der Waals surface area (Å²) in [5.41, 5.74) is 3.76. The first-order valence-corrected chi connectivity index (χ1v) is 7.40. The third kappa shape index (κ3) is 2.24. The standard InChI is InChI=1S/C17H20N2O2/c1-10(2)12-5-4-6-13-14(12)9-19(17(13)21)15-8-7-11(3)18-16(15)20/h4-6,10,15H,3,7-9H2,1-2H3,(H,18,20)/t15-/m0/s1. The van der Waals surface area contributed by atoms with Crippen molar-refractivity contribution in [2.24, 2.45) is 0 Å². The Bertz CT molecular complexity index is 634. The molecule has 4 nitrogen and oxygen atoms in total. The molecule has 3 rings (SSSR count). The van der Waals surface area contributed by atoms with Crippen molar-refractivity contribution in [1.29, 1.82) is 0 Å².